The summed E-state index contributed by atoms with van der Waals surface area (Å²) in [6.07, 6.45) is 2.08. The predicted octanol–water partition coefficient (Wildman–Crippen LogP) is 4.74. The Morgan fingerprint density at radius 2 is 1.92 bits per heavy atom. The van der Waals surface area contributed by atoms with Gasteiger partial charge < -0.3 is 4.74 Å². The summed E-state index contributed by atoms with van der Waals surface area (Å²) in [7, 11) is 0. The number of fused-ring (bicyclic) bond motifs is 1. The lowest BCUT2D eigenvalue weighted by Crippen LogP contribution is -2.24. The third kappa shape index (κ3) is 4.06. The number of esters is 1. The Balaban J connectivity index is 1.66. The van der Waals surface area contributed by atoms with E-state index in [4.69, 9.17) is 4.74 Å². The van der Waals surface area contributed by atoms with Gasteiger partial charge in [-0.15, -0.1) is 11.3 Å². The smallest absolute Gasteiger partial charge is 0.331 e. The molecule has 5 heteroatoms. The lowest BCUT2D eigenvalue weighted by molar-refractivity contribution is -0.140. The fourth-order valence-electron chi connectivity index (χ4n) is 2.59. The molecule has 2 aromatic carbocycles. The maximum atomic E-state index is 12.5. The molecule has 4 nitrogen and oxygen atoms in total. The summed E-state index contributed by atoms with van der Waals surface area (Å²) in [5.41, 5.74) is 3.34. The Morgan fingerprint density at radius 3 is 2.69 bits per heavy atom. The molecule has 0 aliphatic rings. The second kappa shape index (κ2) is 7.62. The number of carbonyl (C=O) groups is 2. The Hall–Kier alpha value is -2.79. The van der Waals surface area contributed by atoms with E-state index in [1.807, 2.05) is 56.3 Å². The van der Waals surface area contributed by atoms with Gasteiger partial charge in [-0.25, -0.2) is 9.78 Å². The lowest BCUT2D eigenvalue weighted by Gasteiger charge is -2.13. The summed E-state index contributed by atoms with van der Waals surface area (Å²) in [6, 6.07) is 13.4. The van der Waals surface area contributed by atoms with Crippen molar-refractivity contribution in [1.29, 1.82) is 0 Å². The molecule has 0 amide bonds. The van der Waals surface area contributed by atoms with Gasteiger partial charge in [-0.2, -0.15) is 0 Å². The third-order valence-electron chi connectivity index (χ3n) is 3.99. The van der Waals surface area contributed by atoms with Crippen LogP contribution in [0.4, 0.5) is 0 Å². The largest absolute Gasteiger partial charge is 0.451 e. The molecule has 0 fully saturated rings. The molecule has 3 aromatic rings. The number of ketones is 1. The van der Waals surface area contributed by atoms with Gasteiger partial charge in [0.25, 0.3) is 0 Å². The van der Waals surface area contributed by atoms with Crippen LogP contribution in [0.5, 0.6) is 0 Å². The summed E-state index contributed by atoms with van der Waals surface area (Å²) in [6.45, 7) is 5.38. The zero-order chi connectivity index (χ0) is 18.7. The van der Waals surface area contributed by atoms with Gasteiger partial charge in [0.05, 0.1) is 10.2 Å². The molecule has 0 bridgehead atoms. The van der Waals surface area contributed by atoms with Crippen LogP contribution in [0.2, 0.25) is 0 Å². The second-order valence-corrected chi connectivity index (χ2v) is 7.18. The van der Waals surface area contributed by atoms with E-state index in [0.29, 0.717) is 5.56 Å². The monoisotopic (exact) mass is 365 g/mol. The molecule has 1 atom stereocenters. The van der Waals surface area contributed by atoms with Gasteiger partial charge in [0.1, 0.15) is 5.01 Å². The third-order valence-corrected chi connectivity index (χ3v) is 4.99. The van der Waals surface area contributed by atoms with Crippen molar-refractivity contribution in [1.82, 2.24) is 4.98 Å². The van der Waals surface area contributed by atoms with Crippen LogP contribution < -0.4 is 0 Å². The SMILES string of the molecule is Cc1ccc(C)c(C(=O)[C@@H](C)OC(=O)/C=C/c2nc3ccccc3s2)c1. The molecule has 1 heterocycles. The maximum Gasteiger partial charge on any atom is 0.331 e. The van der Waals surface area contributed by atoms with Gasteiger partial charge in [0.2, 0.25) is 5.78 Å². The van der Waals surface area contributed by atoms with Gasteiger partial charge in [-0.1, -0.05) is 29.8 Å². The number of rotatable bonds is 5. The lowest BCUT2D eigenvalue weighted by atomic mass is 9.99. The first-order chi connectivity index (χ1) is 12.4. The molecule has 0 saturated carbocycles. The number of hydrogen-bond donors (Lipinski definition) is 0. The zero-order valence-corrected chi connectivity index (χ0v) is 15.7. The van der Waals surface area contributed by atoms with E-state index in [2.05, 4.69) is 4.98 Å². The van der Waals surface area contributed by atoms with Gasteiger partial charge in [-0.05, 0) is 50.6 Å². The first-order valence-electron chi connectivity index (χ1n) is 8.30. The number of ether oxygens (including phenoxy) is 1. The van der Waals surface area contributed by atoms with Crippen LogP contribution in [-0.4, -0.2) is 22.8 Å². The average Bonchev–Trinajstić information content (AvgIpc) is 3.04. The molecule has 0 unspecified atom stereocenters. The number of carbonyl (C=O) groups excluding carboxylic acids is 2. The molecule has 0 N–H and O–H groups in total. The van der Waals surface area contributed by atoms with Gasteiger partial charge in [0, 0.05) is 11.6 Å². The number of aromatic nitrogens is 1. The molecule has 0 aliphatic heterocycles. The van der Waals surface area contributed by atoms with Crippen molar-refractivity contribution >= 4 is 39.4 Å². The summed E-state index contributed by atoms with van der Waals surface area (Å²) < 4.78 is 6.31. The predicted molar refractivity (Wildman–Crippen MR) is 104 cm³/mol. The quantitative estimate of drug-likeness (QED) is 0.372. The van der Waals surface area contributed by atoms with Crippen LogP contribution in [0.15, 0.2) is 48.5 Å². The summed E-state index contributed by atoms with van der Waals surface area (Å²) >= 11 is 1.49. The molecule has 0 saturated heterocycles. The minimum Gasteiger partial charge on any atom is -0.451 e. The number of benzene rings is 2. The Bertz CT molecular complexity index is 970. The van der Waals surface area contributed by atoms with Crippen molar-refractivity contribution in [3.05, 3.63) is 70.2 Å². The summed E-state index contributed by atoms with van der Waals surface area (Å²) in [4.78, 5) is 29.0. The van der Waals surface area contributed by atoms with Crippen LogP contribution in [0.1, 0.15) is 33.4 Å². The highest BCUT2D eigenvalue weighted by molar-refractivity contribution is 7.19. The zero-order valence-electron chi connectivity index (χ0n) is 14.9. The Kier molecular flexibility index (Phi) is 5.28. The van der Waals surface area contributed by atoms with Gasteiger partial charge >= 0.3 is 5.97 Å². The molecule has 132 valence electrons. The summed E-state index contributed by atoms with van der Waals surface area (Å²) in [5, 5.41) is 0.719. The molecule has 1 aromatic heterocycles. The fraction of sp³-hybridized carbons (Fsp3) is 0.190. The molecule has 0 spiro atoms. The Morgan fingerprint density at radius 1 is 1.15 bits per heavy atom. The van der Waals surface area contributed by atoms with E-state index in [-0.39, 0.29) is 5.78 Å². The van der Waals surface area contributed by atoms with Crippen molar-refractivity contribution in [3.8, 4) is 0 Å². The number of hydrogen-bond acceptors (Lipinski definition) is 5. The van der Waals surface area contributed by atoms with E-state index in [0.717, 1.165) is 26.4 Å². The number of nitrogens with zero attached hydrogens (tertiary/aromatic N) is 1. The maximum absolute atomic E-state index is 12.5. The van der Waals surface area contributed by atoms with Crippen molar-refractivity contribution < 1.29 is 14.3 Å². The van der Waals surface area contributed by atoms with Crippen molar-refractivity contribution in [2.24, 2.45) is 0 Å². The molecule has 0 radical (unpaired) electrons. The van der Waals surface area contributed by atoms with E-state index in [9.17, 15) is 9.59 Å². The van der Waals surface area contributed by atoms with Gasteiger partial charge in [0.15, 0.2) is 6.10 Å². The number of para-hydroxylation sites is 1. The van der Waals surface area contributed by atoms with Crippen molar-refractivity contribution in [3.63, 3.8) is 0 Å². The Labute approximate surface area is 156 Å². The fourth-order valence-corrected chi connectivity index (χ4v) is 3.46. The minimum atomic E-state index is -0.844. The molecule has 26 heavy (non-hydrogen) atoms. The molecule has 3 rings (SSSR count). The standard InChI is InChI=1S/C21H19NO3S/c1-13-8-9-14(2)16(12-13)21(24)15(3)25-20(23)11-10-19-22-17-6-4-5-7-18(17)26-19/h4-12,15H,1-3H3/b11-10+/t15-/m1/s1. The van der Waals surface area contributed by atoms with Crippen molar-refractivity contribution in [2.45, 2.75) is 26.9 Å². The first kappa shape index (κ1) is 18.0. The number of thiazole rings is 1. The topological polar surface area (TPSA) is 56.3 Å². The molecular weight excluding hydrogens is 346 g/mol. The van der Waals surface area contributed by atoms with Crippen LogP contribution in [0.25, 0.3) is 16.3 Å². The number of Topliss-reactive ketones (excluding diaryl/α,β-unsaturated/α-hetero) is 1. The van der Waals surface area contributed by atoms with E-state index in [1.54, 1.807) is 13.0 Å². The van der Waals surface area contributed by atoms with Crippen LogP contribution in [0.3, 0.4) is 0 Å². The molecule has 0 aliphatic carbocycles. The van der Waals surface area contributed by atoms with Crippen LogP contribution in [0, 0.1) is 13.8 Å². The second-order valence-electron chi connectivity index (χ2n) is 6.11. The first-order valence-corrected chi connectivity index (χ1v) is 9.11. The van der Waals surface area contributed by atoms with E-state index >= 15 is 0 Å². The highest BCUT2D eigenvalue weighted by Gasteiger charge is 2.20. The highest BCUT2D eigenvalue weighted by atomic mass is 32.1. The van der Waals surface area contributed by atoms with E-state index < -0.39 is 12.1 Å². The van der Waals surface area contributed by atoms with E-state index in [1.165, 1.54) is 17.4 Å². The van der Waals surface area contributed by atoms with Crippen LogP contribution >= 0.6 is 11.3 Å². The van der Waals surface area contributed by atoms with Crippen molar-refractivity contribution in [2.75, 3.05) is 0 Å². The minimum absolute atomic E-state index is 0.201. The average molecular weight is 365 g/mol. The normalized spacial score (nSPS) is 12.4. The van der Waals surface area contributed by atoms with Gasteiger partial charge in [-0.3, -0.25) is 4.79 Å². The summed E-state index contributed by atoms with van der Waals surface area (Å²) in [5.74, 6) is -0.761. The van der Waals surface area contributed by atoms with Crippen LogP contribution in [-0.2, 0) is 9.53 Å². The highest BCUT2D eigenvalue weighted by Crippen LogP contribution is 2.22. The molecular formula is C21H19NO3S. The number of aryl methyl sites for hydroxylation is 2.